The minimum atomic E-state index is -0.658. The summed E-state index contributed by atoms with van der Waals surface area (Å²) in [6, 6.07) is 19.7. The first-order valence-electron chi connectivity index (χ1n) is 8.29. The predicted molar refractivity (Wildman–Crippen MR) is 107 cm³/mol. The van der Waals surface area contributed by atoms with E-state index in [1.807, 2.05) is 30.3 Å². The highest BCUT2D eigenvalue weighted by Crippen LogP contribution is 2.19. The van der Waals surface area contributed by atoms with Crippen LogP contribution in [0.2, 0.25) is 0 Å². The second-order valence-electron chi connectivity index (χ2n) is 5.81. The molecule has 5 nitrogen and oxygen atoms in total. The fourth-order valence-electron chi connectivity index (χ4n) is 2.33. The first-order valence-corrected chi connectivity index (χ1v) is 9.08. The molecule has 0 fully saturated rings. The van der Waals surface area contributed by atoms with Gasteiger partial charge in [-0.15, -0.1) is 0 Å². The average Bonchev–Trinajstić information content (AvgIpc) is 2.71. The lowest BCUT2D eigenvalue weighted by Gasteiger charge is -2.07. The third-order valence-corrected chi connectivity index (χ3v) is 4.22. The van der Waals surface area contributed by atoms with Gasteiger partial charge < -0.3 is 15.3 Å². The van der Waals surface area contributed by atoms with Crippen molar-refractivity contribution in [2.45, 2.75) is 6.61 Å². The van der Waals surface area contributed by atoms with E-state index < -0.39 is 11.8 Å². The van der Waals surface area contributed by atoms with Crippen molar-refractivity contribution in [2.24, 2.45) is 10.9 Å². The zero-order valence-corrected chi connectivity index (χ0v) is 16.2. The summed E-state index contributed by atoms with van der Waals surface area (Å²) in [6.45, 7) is 0.290. The molecular weight excluding hydrogens is 427 g/mol. The van der Waals surface area contributed by atoms with Crippen LogP contribution in [0.25, 0.3) is 0 Å². The quantitative estimate of drug-likeness (QED) is 0.261. The molecule has 0 heterocycles. The molecule has 0 radical (unpaired) electrons. The van der Waals surface area contributed by atoms with E-state index in [0.717, 1.165) is 10.0 Å². The van der Waals surface area contributed by atoms with Crippen LogP contribution in [0.15, 0.2) is 82.4 Å². The van der Waals surface area contributed by atoms with Crippen molar-refractivity contribution in [3.8, 4) is 5.75 Å². The van der Waals surface area contributed by atoms with E-state index in [0.29, 0.717) is 23.5 Å². The molecule has 0 bridgehead atoms. The number of nitrogens with two attached hydrogens (primary N) is 1. The Morgan fingerprint density at radius 2 is 1.75 bits per heavy atom. The van der Waals surface area contributed by atoms with Crippen molar-refractivity contribution in [1.29, 1.82) is 0 Å². The van der Waals surface area contributed by atoms with Crippen LogP contribution < -0.4 is 10.5 Å². The van der Waals surface area contributed by atoms with Crippen molar-refractivity contribution in [2.75, 3.05) is 0 Å². The molecule has 28 heavy (non-hydrogen) atoms. The minimum Gasteiger partial charge on any atom is -0.489 e. The van der Waals surface area contributed by atoms with E-state index in [2.05, 4.69) is 21.1 Å². The lowest BCUT2D eigenvalue weighted by molar-refractivity contribution is 0.0516. The molecule has 0 atom stereocenters. The highest BCUT2D eigenvalue weighted by Gasteiger charge is 2.09. The first kappa shape index (κ1) is 19.6. The van der Waals surface area contributed by atoms with Crippen molar-refractivity contribution in [3.63, 3.8) is 0 Å². The van der Waals surface area contributed by atoms with Crippen LogP contribution in [-0.4, -0.2) is 11.8 Å². The largest absolute Gasteiger partial charge is 0.489 e. The van der Waals surface area contributed by atoms with E-state index in [1.54, 1.807) is 18.2 Å². The van der Waals surface area contributed by atoms with Gasteiger partial charge in [-0.05, 0) is 60.2 Å². The second kappa shape index (κ2) is 9.14. The van der Waals surface area contributed by atoms with Crippen LogP contribution in [-0.2, 0) is 11.4 Å². The van der Waals surface area contributed by atoms with Gasteiger partial charge in [-0.1, -0.05) is 39.3 Å². The predicted octanol–water partition coefficient (Wildman–Crippen LogP) is 4.64. The molecule has 142 valence electrons. The topological polar surface area (TPSA) is 73.9 Å². The SMILES string of the molecule is N/C(=N\OC(=O)c1cccc(COc2cccc(Br)c2)c1)c1ccc(F)cc1. The van der Waals surface area contributed by atoms with Crippen molar-refractivity contribution < 1.29 is 18.8 Å². The van der Waals surface area contributed by atoms with E-state index in [1.165, 1.54) is 24.3 Å². The van der Waals surface area contributed by atoms with Crippen LogP contribution in [0.1, 0.15) is 21.5 Å². The molecule has 0 aliphatic carbocycles. The summed E-state index contributed by atoms with van der Waals surface area (Å²) in [5, 5.41) is 3.62. The normalized spacial score (nSPS) is 11.1. The Bertz CT molecular complexity index is 1010. The van der Waals surface area contributed by atoms with Gasteiger partial charge in [0.2, 0.25) is 0 Å². The molecule has 0 aromatic heterocycles. The Morgan fingerprint density at radius 3 is 2.50 bits per heavy atom. The number of amidine groups is 1. The van der Waals surface area contributed by atoms with Gasteiger partial charge in [-0.3, -0.25) is 0 Å². The first-order chi connectivity index (χ1) is 13.5. The fraction of sp³-hybridized carbons (Fsp3) is 0.0476. The third-order valence-electron chi connectivity index (χ3n) is 3.73. The smallest absolute Gasteiger partial charge is 0.365 e. The molecule has 0 aliphatic heterocycles. The minimum absolute atomic E-state index is 0.0255. The van der Waals surface area contributed by atoms with E-state index in [-0.39, 0.29) is 5.84 Å². The number of benzene rings is 3. The standard InChI is InChI=1S/C21H16BrFN2O3/c22-17-5-2-6-19(12-17)27-13-14-3-1-4-16(11-14)21(26)28-25-20(24)15-7-9-18(23)10-8-15/h1-12H,13H2,(H2,24,25). The summed E-state index contributed by atoms with van der Waals surface area (Å²) in [5.41, 5.74) is 7.31. The van der Waals surface area contributed by atoms with Gasteiger partial charge in [0.05, 0.1) is 5.56 Å². The molecule has 3 aromatic carbocycles. The van der Waals surface area contributed by atoms with E-state index in [9.17, 15) is 9.18 Å². The van der Waals surface area contributed by atoms with Gasteiger partial charge >= 0.3 is 5.97 Å². The number of hydrogen-bond donors (Lipinski definition) is 1. The van der Waals surface area contributed by atoms with Gasteiger partial charge in [0.15, 0.2) is 5.84 Å². The summed E-state index contributed by atoms with van der Waals surface area (Å²) in [7, 11) is 0. The summed E-state index contributed by atoms with van der Waals surface area (Å²) < 4.78 is 19.6. The maximum absolute atomic E-state index is 12.9. The molecule has 0 aliphatic rings. The maximum Gasteiger partial charge on any atom is 0.365 e. The summed E-state index contributed by atoms with van der Waals surface area (Å²) in [5.74, 6) is -0.369. The number of rotatable bonds is 6. The number of oxime groups is 1. The number of ether oxygens (including phenoxy) is 1. The summed E-state index contributed by atoms with van der Waals surface area (Å²) in [6.07, 6.45) is 0. The van der Waals surface area contributed by atoms with Crippen LogP contribution >= 0.6 is 15.9 Å². The molecule has 3 aromatic rings. The van der Waals surface area contributed by atoms with Crippen molar-refractivity contribution in [1.82, 2.24) is 0 Å². The lowest BCUT2D eigenvalue weighted by atomic mass is 10.1. The molecular formula is C21H16BrFN2O3. The van der Waals surface area contributed by atoms with Crippen molar-refractivity contribution in [3.05, 3.63) is 99.8 Å². The van der Waals surface area contributed by atoms with Crippen LogP contribution in [0.5, 0.6) is 5.75 Å². The number of carbonyl (C=O) groups excluding carboxylic acids is 1. The van der Waals surface area contributed by atoms with Gasteiger partial charge in [-0.25, -0.2) is 9.18 Å². The van der Waals surface area contributed by atoms with Crippen molar-refractivity contribution >= 4 is 27.7 Å². The monoisotopic (exact) mass is 442 g/mol. The fourth-order valence-corrected chi connectivity index (χ4v) is 2.71. The molecule has 0 amide bonds. The van der Waals surface area contributed by atoms with Gasteiger partial charge in [0.25, 0.3) is 0 Å². The summed E-state index contributed by atoms with van der Waals surface area (Å²) in [4.78, 5) is 17.1. The molecule has 2 N–H and O–H groups in total. The van der Waals surface area contributed by atoms with E-state index in [4.69, 9.17) is 15.3 Å². The Labute approximate surface area is 169 Å². The summed E-state index contributed by atoms with van der Waals surface area (Å²) >= 11 is 3.39. The second-order valence-corrected chi connectivity index (χ2v) is 6.72. The van der Waals surface area contributed by atoms with Gasteiger partial charge in [-0.2, -0.15) is 0 Å². The molecule has 0 unspecified atom stereocenters. The molecule has 7 heteroatoms. The highest BCUT2D eigenvalue weighted by atomic mass is 79.9. The highest BCUT2D eigenvalue weighted by molar-refractivity contribution is 9.10. The number of carbonyl (C=O) groups is 1. The molecule has 0 saturated carbocycles. The Kier molecular flexibility index (Phi) is 6.39. The average molecular weight is 443 g/mol. The zero-order valence-electron chi connectivity index (χ0n) is 14.6. The zero-order chi connectivity index (χ0) is 19.9. The van der Waals surface area contributed by atoms with Crippen LogP contribution in [0, 0.1) is 5.82 Å². The Hall–Kier alpha value is -3.19. The molecule has 0 spiro atoms. The van der Waals surface area contributed by atoms with Gasteiger partial charge in [0.1, 0.15) is 18.2 Å². The molecule has 3 rings (SSSR count). The molecule has 0 saturated heterocycles. The maximum atomic E-state index is 12.9. The number of nitrogens with zero attached hydrogens (tertiary/aromatic N) is 1. The lowest BCUT2D eigenvalue weighted by Crippen LogP contribution is -2.15. The number of halogens is 2. The van der Waals surface area contributed by atoms with Crippen LogP contribution in [0.3, 0.4) is 0 Å². The number of hydrogen-bond acceptors (Lipinski definition) is 4. The van der Waals surface area contributed by atoms with Gasteiger partial charge in [0, 0.05) is 10.0 Å². The Balaban J connectivity index is 1.63. The van der Waals surface area contributed by atoms with Crippen LogP contribution in [0.4, 0.5) is 4.39 Å². The third kappa shape index (κ3) is 5.40. The Morgan fingerprint density at radius 1 is 1.00 bits per heavy atom. The van der Waals surface area contributed by atoms with E-state index >= 15 is 0 Å².